The van der Waals surface area contributed by atoms with E-state index in [-0.39, 0.29) is 24.5 Å². The lowest BCUT2D eigenvalue weighted by molar-refractivity contribution is 0.261. The number of aromatic nitrogens is 1. The SMILES string of the molecule is C=C(O)COc1ccc(-n2ccc(COc3ccc(OC)cc3)cc2=O)cc1OC. The quantitative estimate of drug-likeness (QED) is 0.540. The van der Waals surface area contributed by atoms with Crippen LogP contribution in [0, 0.1) is 0 Å². The van der Waals surface area contributed by atoms with Gasteiger partial charge in [-0.25, -0.2) is 0 Å². The smallest absolute Gasteiger partial charge is 0.255 e. The van der Waals surface area contributed by atoms with Crippen molar-refractivity contribution >= 4 is 0 Å². The molecule has 30 heavy (non-hydrogen) atoms. The van der Waals surface area contributed by atoms with Crippen LogP contribution in [0.25, 0.3) is 5.69 Å². The van der Waals surface area contributed by atoms with Gasteiger partial charge in [0.1, 0.15) is 30.5 Å². The molecule has 7 nitrogen and oxygen atoms in total. The van der Waals surface area contributed by atoms with E-state index in [2.05, 4.69) is 6.58 Å². The van der Waals surface area contributed by atoms with Crippen LogP contribution in [0.15, 0.2) is 77.9 Å². The molecule has 156 valence electrons. The average molecular weight is 409 g/mol. The van der Waals surface area contributed by atoms with E-state index in [1.165, 1.54) is 17.7 Å². The van der Waals surface area contributed by atoms with Crippen molar-refractivity contribution in [2.24, 2.45) is 0 Å². The number of pyridine rings is 1. The fourth-order valence-electron chi connectivity index (χ4n) is 2.75. The monoisotopic (exact) mass is 409 g/mol. The van der Waals surface area contributed by atoms with Gasteiger partial charge < -0.3 is 24.1 Å². The van der Waals surface area contributed by atoms with Gasteiger partial charge in [-0.15, -0.1) is 0 Å². The van der Waals surface area contributed by atoms with Gasteiger partial charge >= 0.3 is 0 Å². The maximum atomic E-state index is 12.6. The Morgan fingerprint density at radius 1 is 0.933 bits per heavy atom. The topological polar surface area (TPSA) is 79.2 Å². The van der Waals surface area contributed by atoms with Gasteiger partial charge in [0.05, 0.1) is 19.9 Å². The molecule has 0 saturated carbocycles. The predicted octanol–water partition coefficient (Wildman–Crippen LogP) is 3.88. The first-order chi connectivity index (χ1) is 14.5. The van der Waals surface area contributed by atoms with E-state index >= 15 is 0 Å². The van der Waals surface area contributed by atoms with Crippen molar-refractivity contribution in [1.82, 2.24) is 4.57 Å². The number of aliphatic hydroxyl groups excluding tert-OH is 1. The minimum atomic E-state index is -0.203. The van der Waals surface area contributed by atoms with E-state index in [4.69, 9.17) is 18.9 Å². The highest BCUT2D eigenvalue weighted by Gasteiger charge is 2.09. The van der Waals surface area contributed by atoms with Crippen LogP contribution in [0.3, 0.4) is 0 Å². The zero-order chi connectivity index (χ0) is 21.5. The van der Waals surface area contributed by atoms with E-state index in [1.54, 1.807) is 31.5 Å². The molecule has 0 fully saturated rings. The zero-order valence-corrected chi connectivity index (χ0v) is 16.8. The molecule has 0 aliphatic heterocycles. The molecule has 0 atom stereocenters. The molecule has 3 aromatic rings. The van der Waals surface area contributed by atoms with Gasteiger partial charge in [0.15, 0.2) is 11.5 Å². The highest BCUT2D eigenvalue weighted by molar-refractivity contribution is 5.49. The number of hydrogen-bond donors (Lipinski definition) is 1. The van der Waals surface area contributed by atoms with Gasteiger partial charge in [0.2, 0.25) is 0 Å². The molecule has 7 heteroatoms. The van der Waals surface area contributed by atoms with Crippen LogP contribution in [0.1, 0.15) is 5.56 Å². The van der Waals surface area contributed by atoms with Crippen LogP contribution in [0.5, 0.6) is 23.0 Å². The summed E-state index contributed by atoms with van der Waals surface area (Å²) in [6, 6.07) is 15.7. The highest BCUT2D eigenvalue weighted by atomic mass is 16.5. The molecular formula is C23H23NO6. The molecule has 0 unspecified atom stereocenters. The van der Waals surface area contributed by atoms with Crippen LogP contribution in [-0.4, -0.2) is 30.5 Å². The second-order valence-corrected chi connectivity index (χ2v) is 6.40. The van der Waals surface area contributed by atoms with E-state index < -0.39 is 0 Å². The number of hydrogen-bond acceptors (Lipinski definition) is 6. The van der Waals surface area contributed by atoms with Crippen LogP contribution in [0.2, 0.25) is 0 Å². The summed E-state index contributed by atoms with van der Waals surface area (Å²) in [5.41, 5.74) is 1.17. The maximum Gasteiger partial charge on any atom is 0.255 e. The lowest BCUT2D eigenvalue weighted by atomic mass is 10.2. The fraction of sp³-hybridized carbons (Fsp3) is 0.174. The molecule has 1 aromatic heterocycles. The molecule has 0 spiro atoms. The minimum absolute atomic E-state index is 0.0431. The summed E-state index contributed by atoms with van der Waals surface area (Å²) in [6.45, 7) is 3.61. The van der Waals surface area contributed by atoms with Crippen molar-refractivity contribution in [2.45, 2.75) is 6.61 Å². The Kier molecular flexibility index (Phi) is 6.64. The molecule has 1 N–H and O–H groups in total. The molecule has 3 rings (SSSR count). The Morgan fingerprint density at radius 2 is 1.67 bits per heavy atom. The first kappa shape index (κ1) is 20.9. The summed E-state index contributed by atoms with van der Waals surface area (Å²) in [7, 11) is 3.11. The van der Waals surface area contributed by atoms with Crippen molar-refractivity contribution in [3.8, 4) is 28.7 Å². The van der Waals surface area contributed by atoms with Gasteiger partial charge in [0, 0.05) is 18.3 Å². The van der Waals surface area contributed by atoms with E-state index in [9.17, 15) is 9.90 Å². The fourth-order valence-corrected chi connectivity index (χ4v) is 2.75. The molecule has 0 amide bonds. The Morgan fingerprint density at radius 3 is 2.30 bits per heavy atom. The van der Waals surface area contributed by atoms with Crippen molar-refractivity contribution in [1.29, 1.82) is 0 Å². The Hall–Kier alpha value is -3.87. The number of benzene rings is 2. The lowest BCUT2D eigenvalue weighted by Crippen LogP contribution is -2.18. The Labute approximate surface area is 174 Å². The van der Waals surface area contributed by atoms with Gasteiger partial charge in [-0.1, -0.05) is 6.58 Å². The Balaban J connectivity index is 1.74. The largest absolute Gasteiger partial charge is 0.509 e. The lowest BCUT2D eigenvalue weighted by Gasteiger charge is -2.13. The van der Waals surface area contributed by atoms with Crippen molar-refractivity contribution in [3.05, 3.63) is 89.0 Å². The summed E-state index contributed by atoms with van der Waals surface area (Å²) in [6.07, 6.45) is 1.68. The van der Waals surface area contributed by atoms with Gasteiger partial charge in [-0.2, -0.15) is 0 Å². The zero-order valence-electron chi connectivity index (χ0n) is 16.8. The third kappa shape index (κ3) is 5.14. The van der Waals surface area contributed by atoms with Crippen LogP contribution >= 0.6 is 0 Å². The third-order valence-corrected chi connectivity index (χ3v) is 4.27. The van der Waals surface area contributed by atoms with Crippen molar-refractivity contribution in [3.63, 3.8) is 0 Å². The molecule has 0 aliphatic rings. The van der Waals surface area contributed by atoms with E-state index in [0.717, 1.165) is 11.3 Å². The summed E-state index contributed by atoms with van der Waals surface area (Å²) in [5, 5.41) is 9.19. The average Bonchev–Trinajstić information content (AvgIpc) is 2.76. The summed E-state index contributed by atoms with van der Waals surface area (Å²) >= 11 is 0. The van der Waals surface area contributed by atoms with Crippen LogP contribution in [-0.2, 0) is 6.61 Å². The van der Waals surface area contributed by atoms with Crippen LogP contribution < -0.4 is 24.5 Å². The standard InChI is InChI=1S/C23H23NO6/c1-16(25)14-30-21-9-4-18(13-22(21)28-3)24-11-10-17(12-23(24)26)15-29-20-7-5-19(27-2)6-8-20/h4-13,25H,1,14-15H2,2-3H3. The maximum absolute atomic E-state index is 12.6. The predicted molar refractivity (Wildman–Crippen MR) is 113 cm³/mol. The molecule has 0 aliphatic carbocycles. The highest BCUT2D eigenvalue weighted by Crippen LogP contribution is 2.29. The normalized spacial score (nSPS) is 10.3. The molecule has 2 aromatic carbocycles. The number of rotatable bonds is 9. The van der Waals surface area contributed by atoms with Crippen molar-refractivity contribution < 1.29 is 24.1 Å². The number of methoxy groups -OCH3 is 2. The first-order valence-electron chi connectivity index (χ1n) is 9.16. The van der Waals surface area contributed by atoms with Gasteiger partial charge in [0.25, 0.3) is 5.56 Å². The van der Waals surface area contributed by atoms with E-state index in [0.29, 0.717) is 22.9 Å². The molecule has 1 heterocycles. The Bertz CT molecular complexity index is 1070. The summed E-state index contributed by atoms with van der Waals surface area (Å²) in [4.78, 5) is 12.6. The number of ether oxygens (including phenoxy) is 4. The second-order valence-electron chi connectivity index (χ2n) is 6.40. The number of nitrogens with zero attached hydrogens (tertiary/aromatic N) is 1. The number of aliphatic hydroxyl groups is 1. The molecule has 0 radical (unpaired) electrons. The summed E-state index contributed by atoms with van der Waals surface area (Å²) in [5.74, 6) is 2.22. The minimum Gasteiger partial charge on any atom is -0.509 e. The van der Waals surface area contributed by atoms with Crippen LogP contribution in [0.4, 0.5) is 0 Å². The summed E-state index contributed by atoms with van der Waals surface area (Å²) < 4.78 is 23.1. The molecule has 0 bridgehead atoms. The molecule has 0 saturated heterocycles. The second kappa shape index (κ2) is 9.56. The van der Waals surface area contributed by atoms with Gasteiger partial charge in [-0.3, -0.25) is 9.36 Å². The third-order valence-electron chi connectivity index (χ3n) is 4.27. The van der Waals surface area contributed by atoms with Gasteiger partial charge in [-0.05, 0) is 48.0 Å². The van der Waals surface area contributed by atoms with E-state index in [1.807, 2.05) is 30.3 Å². The van der Waals surface area contributed by atoms with Crippen molar-refractivity contribution in [2.75, 3.05) is 20.8 Å². The molecular weight excluding hydrogens is 386 g/mol. The first-order valence-corrected chi connectivity index (χ1v) is 9.16.